The van der Waals surface area contributed by atoms with E-state index >= 15 is 0 Å². The molecule has 0 aromatic heterocycles. The van der Waals surface area contributed by atoms with Crippen LogP contribution in [0.3, 0.4) is 0 Å². The first-order valence-corrected chi connectivity index (χ1v) is 12.9. The molecule has 0 saturated carbocycles. The highest BCUT2D eigenvalue weighted by atomic mass is 32.2. The molecule has 0 fully saturated rings. The molecule has 8 nitrogen and oxygen atoms in total. The molecule has 0 aliphatic rings. The summed E-state index contributed by atoms with van der Waals surface area (Å²) in [5.74, 6) is -0.337. The Labute approximate surface area is 206 Å². The first kappa shape index (κ1) is 25.8. The lowest BCUT2D eigenvalue weighted by atomic mass is 10.1. The number of benzene rings is 3. The maximum Gasteiger partial charge on any atom is 0.265 e. The Morgan fingerprint density at radius 1 is 0.886 bits per heavy atom. The quantitative estimate of drug-likeness (QED) is 0.467. The van der Waals surface area contributed by atoms with E-state index in [1.807, 2.05) is 37.3 Å². The van der Waals surface area contributed by atoms with Crippen molar-refractivity contribution in [2.45, 2.75) is 26.0 Å². The van der Waals surface area contributed by atoms with Crippen LogP contribution >= 0.6 is 0 Å². The number of amides is 2. The highest BCUT2D eigenvalue weighted by molar-refractivity contribution is 7.92. The van der Waals surface area contributed by atoms with Gasteiger partial charge in [-0.1, -0.05) is 42.5 Å². The van der Waals surface area contributed by atoms with Crippen LogP contribution in [0.5, 0.6) is 5.75 Å². The topological polar surface area (TPSA) is 105 Å². The molecule has 0 aliphatic carbocycles. The third-order valence-corrected chi connectivity index (χ3v) is 6.66. The molecule has 184 valence electrons. The summed E-state index contributed by atoms with van der Waals surface area (Å²) >= 11 is 0. The monoisotopic (exact) mass is 495 g/mol. The van der Waals surface area contributed by atoms with Gasteiger partial charge in [0.25, 0.3) is 11.8 Å². The number of carbonyl (C=O) groups excluding carboxylic acids is 2. The second kappa shape index (κ2) is 11.1. The second-order valence-electron chi connectivity index (χ2n) is 8.13. The number of rotatable bonds is 9. The zero-order valence-corrected chi connectivity index (χ0v) is 20.9. The summed E-state index contributed by atoms with van der Waals surface area (Å²) < 4.78 is 30.2. The molecule has 9 heteroatoms. The minimum atomic E-state index is -3.38. The van der Waals surface area contributed by atoms with Crippen molar-refractivity contribution in [3.63, 3.8) is 0 Å². The van der Waals surface area contributed by atoms with E-state index in [0.29, 0.717) is 22.7 Å². The van der Waals surface area contributed by atoms with E-state index in [-0.39, 0.29) is 11.9 Å². The summed E-state index contributed by atoms with van der Waals surface area (Å²) in [6.45, 7) is 3.48. The number of sulfonamides is 1. The van der Waals surface area contributed by atoms with Crippen LogP contribution in [0.1, 0.15) is 35.8 Å². The highest BCUT2D eigenvalue weighted by Gasteiger charge is 2.20. The van der Waals surface area contributed by atoms with Crippen molar-refractivity contribution < 1.29 is 22.7 Å². The molecule has 0 heterocycles. The van der Waals surface area contributed by atoms with Gasteiger partial charge in [-0.25, -0.2) is 8.42 Å². The van der Waals surface area contributed by atoms with E-state index in [9.17, 15) is 18.0 Å². The summed E-state index contributed by atoms with van der Waals surface area (Å²) in [7, 11) is -1.93. The lowest BCUT2D eigenvalue weighted by molar-refractivity contribution is -0.122. The molecule has 0 spiro atoms. The molecule has 0 saturated heterocycles. The Bertz CT molecular complexity index is 1280. The normalized spacial score (nSPS) is 12.8. The van der Waals surface area contributed by atoms with E-state index in [1.54, 1.807) is 55.5 Å². The van der Waals surface area contributed by atoms with Gasteiger partial charge in [0.1, 0.15) is 5.75 Å². The molecule has 2 N–H and O–H groups in total. The van der Waals surface area contributed by atoms with Crippen LogP contribution in [-0.4, -0.2) is 39.6 Å². The van der Waals surface area contributed by atoms with Gasteiger partial charge in [0, 0.05) is 7.05 Å². The van der Waals surface area contributed by atoms with E-state index in [1.165, 1.54) is 7.05 Å². The Balaban J connectivity index is 1.65. The first-order valence-electron chi connectivity index (χ1n) is 11.0. The summed E-state index contributed by atoms with van der Waals surface area (Å²) in [6.07, 6.45) is 0.248. The van der Waals surface area contributed by atoms with Crippen molar-refractivity contribution >= 4 is 33.2 Å². The van der Waals surface area contributed by atoms with Crippen LogP contribution in [-0.2, 0) is 14.8 Å². The first-order chi connectivity index (χ1) is 16.6. The van der Waals surface area contributed by atoms with Crippen LogP contribution < -0.4 is 19.7 Å². The fourth-order valence-corrected chi connectivity index (χ4v) is 3.81. The highest BCUT2D eigenvalue weighted by Crippen LogP contribution is 2.22. The van der Waals surface area contributed by atoms with Crippen LogP contribution in [0, 0.1) is 0 Å². The summed E-state index contributed by atoms with van der Waals surface area (Å²) in [5, 5.41) is 5.71. The Morgan fingerprint density at radius 3 is 2.11 bits per heavy atom. The van der Waals surface area contributed by atoms with E-state index in [2.05, 4.69) is 10.6 Å². The number of carbonyl (C=O) groups is 2. The third kappa shape index (κ3) is 6.83. The molecule has 3 rings (SSSR count). The lowest BCUT2D eigenvalue weighted by Crippen LogP contribution is -2.32. The Kier molecular flexibility index (Phi) is 8.14. The average Bonchev–Trinajstić information content (AvgIpc) is 2.84. The summed E-state index contributed by atoms with van der Waals surface area (Å²) in [5.41, 5.74) is 2.15. The minimum absolute atomic E-state index is 0.209. The Morgan fingerprint density at radius 2 is 1.49 bits per heavy atom. The average molecular weight is 496 g/mol. The second-order valence-corrected chi connectivity index (χ2v) is 10.1. The number of ether oxygens (including phenoxy) is 1. The van der Waals surface area contributed by atoms with Gasteiger partial charge in [-0.05, 0) is 55.8 Å². The van der Waals surface area contributed by atoms with E-state index in [4.69, 9.17) is 4.74 Å². The predicted octanol–water partition coefficient (Wildman–Crippen LogP) is 3.98. The minimum Gasteiger partial charge on any atom is -0.481 e. The van der Waals surface area contributed by atoms with Crippen LogP contribution in [0.15, 0.2) is 78.9 Å². The molecular formula is C26H29N3O5S. The maximum atomic E-state index is 12.9. The van der Waals surface area contributed by atoms with E-state index < -0.39 is 22.0 Å². The number of hydrogen-bond acceptors (Lipinski definition) is 5. The summed E-state index contributed by atoms with van der Waals surface area (Å²) in [4.78, 5) is 25.7. The molecule has 3 aromatic carbocycles. The fraction of sp³-hybridized carbons (Fsp3) is 0.231. The Hall–Kier alpha value is -3.85. The van der Waals surface area contributed by atoms with Crippen molar-refractivity contribution in [1.82, 2.24) is 5.32 Å². The molecule has 0 bridgehead atoms. The number of anilines is 2. The predicted molar refractivity (Wildman–Crippen MR) is 137 cm³/mol. The zero-order chi connectivity index (χ0) is 25.6. The fourth-order valence-electron chi connectivity index (χ4n) is 3.31. The maximum absolute atomic E-state index is 12.9. The molecular weight excluding hydrogens is 466 g/mol. The van der Waals surface area contributed by atoms with Crippen LogP contribution in [0.2, 0.25) is 0 Å². The van der Waals surface area contributed by atoms with Gasteiger partial charge < -0.3 is 15.4 Å². The van der Waals surface area contributed by atoms with Gasteiger partial charge >= 0.3 is 0 Å². The molecule has 2 amide bonds. The van der Waals surface area contributed by atoms with Crippen molar-refractivity contribution in [3.8, 4) is 5.75 Å². The molecule has 2 atom stereocenters. The number of nitrogens with zero attached hydrogens (tertiary/aromatic N) is 1. The van der Waals surface area contributed by atoms with Crippen molar-refractivity contribution in [2.75, 3.05) is 22.9 Å². The molecule has 3 aromatic rings. The van der Waals surface area contributed by atoms with Gasteiger partial charge in [-0.15, -0.1) is 0 Å². The van der Waals surface area contributed by atoms with Gasteiger partial charge in [-0.2, -0.15) is 0 Å². The molecule has 0 unspecified atom stereocenters. The van der Waals surface area contributed by atoms with Crippen molar-refractivity contribution in [1.29, 1.82) is 0 Å². The van der Waals surface area contributed by atoms with Gasteiger partial charge in [-0.3, -0.25) is 13.9 Å². The largest absolute Gasteiger partial charge is 0.481 e. The van der Waals surface area contributed by atoms with Gasteiger partial charge in [0.15, 0.2) is 6.10 Å². The number of para-hydroxylation sites is 1. The van der Waals surface area contributed by atoms with E-state index in [0.717, 1.165) is 16.1 Å². The number of hydrogen-bond donors (Lipinski definition) is 2. The van der Waals surface area contributed by atoms with Crippen molar-refractivity contribution in [3.05, 3.63) is 90.0 Å². The standard InChI is InChI=1S/C26H29N3O5S/c1-18(20-10-6-5-7-11-20)27-26(31)23-12-8-9-13-24(23)28-25(30)19(2)34-22-16-14-21(15-17-22)29(3)35(4,32)33/h5-19H,1-4H3,(H,27,31)(H,28,30)/t18-,19-/m0/s1. The summed E-state index contributed by atoms with van der Waals surface area (Å²) in [6, 6.07) is 22.5. The van der Waals surface area contributed by atoms with Gasteiger partial charge in [0.05, 0.1) is 29.2 Å². The zero-order valence-electron chi connectivity index (χ0n) is 20.1. The van der Waals surface area contributed by atoms with Crippen molar-refractivity contribution in [2.24, 2.45) is 0 Å². The molecule has 35 heavy (non-hydrogen) atoms. The van der Waals surface area contributed by atoms with Gasteiger partial charge in [0.2, 0.25) is 10.0 Å². The smallest absolute Gasteiger partial charge is 0.265 e. The molecule has 0 aliphatic heterocycles. The third-order valence-electron chi connectivity index (χ3n) is 5.46. The SMILES string of the molecule is C[C@H](Oc1ccc(N(C)S(C)(=O)=O)cc1)C(=O)Nc1ccccc1C(=O)N[C@@H](C)c1ccccc1. The number of nitrogens with one attached hydrogen (secondary N) is 2. The van der Waals surface area contributed by atoms with Crippen LogP contribution in [0.25, 0.3) is 0 Å². The van der Waals surface area contributed by atoms with Crippen LogP contribution in [0.4, 0.5) is 11.4 Å². The lowest BCUT2D eigenvalue weighted by Gasteiger charge is -2.19. The molecule has 0 radical (unpaired) electrons.